The van der Waals surface area contributed by atoms with Gasteiger partial charge in [0.05, 0.1) is 26.7 Å². The highest BCUT2D eigenvalue weighted by molar-refractivity contribution is 5.99. The van der Waals surface area contributed by atoms with Gasteiger partial charge in [0.25, 0.3) is 0 Å². The van der Waals surface area contributed by atoms with Crippen LogP contribution in [0.3, 0.4) is 0 Å². The fourth-order valence-electron chi connectivity index (χ4n) is 2.91. The van der Waals surface area contributed by atoms with E-state index >= 15 is 0 Å². The highest BCUT2D eigenvalue weighted by Crippen LogP contribution is 1.99. The van der Waals surface area contributed by atoms with Gasteiger partial charge in [0.2, 0.25) is 47.3 Å². The lowest BCUT2D eigenvalue weighted by atomic mass is 10.2. The van der Waals surface area contributed by atoms with Crippen LogP contribution in [0.5, 0.6) is 0 Å². The van der Waals surface area contributed by atoms with Crippen LogP contribution in [-0.4, -0.2) is 124 Å². The van der Waals surface area contributed by atoms with Gasteiger partial charge in [-0.15, -0.1) is 0 Å². The predicted molar refractivity (Wildman–Crippen MR) is 181 cm³/mol. The molecule has 49 heavy (non-hydrogen) atoms. The van der Waals surface area contributed by atoms with E-state index in [-0.39, 0.29) is 61.8 Å². The molecule has 22 nitrogen and oxygen atoms in total. The van der Waals surface area contributed by atoms with Crippen LogP contribution >= 0.6 is 0 Å². The van der Waals surface area contributed by atoms with Crippen LogP contribution in [0, 0.1) is 0 Å². The standard InChI is InChI=1S/C13H26N6O4.C11H22N6O6.3CH4/c1-13(2,18-11(22)5-9(20)16-7-14-3)19-12(23)6-10(21)17-8-15-4;1-12-5-14-7(18)3-9(20)16-11(22,23)17-10(21)4-8(19)15-6-13-2;;;/h14-15H,5-8H2,1-4H3,(H,16,20)(H,17,21)(H,18,22)(H,19,23);12-13,22-23H,3-6H2,1-2H3,(H,14,18)(H,15,19)(H,16,20)(H,17,21);3*1H4. The van der Waals surface area contributed by atoms with Crippen molar-refractivity contribution in [3.63, 3.8) is 0 Å². The molecule has 0 bridgehead atoms. The zero-order chi connectivity index (χ0) is 35.8. The molecule has 0 aromatic heterocycles. The maximum absolute atomic E-state index is 11.7. The summed E-state index contributed by atoms with van der Waals surface area (Å²) in [7, 11) is 6.47. The van der Waals surface area contributed by atoms with E-state index < -0.39 is 71.8 Å². The largest absolute Gasteiger partial charge is 0.343 e. The average molecular weight is 713 g/mol. The number of carbonyl (C=O) groups is 8. The van der Waals surface area contributed by atoms with Gasteiger partial charge in [-0.05, 0) is 42.0 Å². The summed E-state index contributed by atoms with van der Waals surface area (Å²) in [5, 5.41) is 47.4. The molecule has 0 unspecified atom stereocenters. The second-order valence-electron chi connectivity index (χ2n) is 9.72. The van der Waals surface area contributed by atoms with E-state index in [1.807, 2.05) is 0 Å². The van der Waals surface area contributed by atoms with Crippen LogP contribution in [-0.2, 0) is 38.4 Å². The highest BCUT2D eigenvalue weighted by Gasteiger charge is 2.29. The molecule has 0 aliphatic heterocycles. The van der Waals surface area contributed by atoms with E-state index in [9.17, 15) is 48.6 Å². The molecule has 0 fully saturated rings. The van der Waals surface area contributed by atoms with Gasteiger partial charge >= 0.3 is 6.03 Å². The van der Waals surface area contributed by atoms with Gasteiger partial charge in [-0.3, -0.25) is 49.0 Å². The summed E-state index contributed by atoms with van der Waals surface area (Å²) in [5.41, 5.74) is -1.08. The lowest BCUT2D eigenvalue weighted by molar-refractivity contribution is -0.210. The smallest absolute Gasteiger partial charge is 0.337 e. The molecule has 0 aromatic carbocycles. The number of rotatable bonds is 20. The van der Waals surface area contributed by atoms with Crippen molar-refractivity contribution in [3.8, 4) is 0 Å². The molecule has 22 heteroatoms. The van der Waals surface area contributed by atoms with Crippen LogP contribution in [0.15, 0.2) is 0 Å². The summed E-state index contributed by atoms with van der Waals surface area (Å²) in [6.45, 7) is 3.89. The SMILES string of the molecule is C.C.C.CNCNC(=O)CC(=O)NC(C)(C)NC(=O)CC(=O)NCNC.CNCNC(=O)CC(=O)NC(O)(O)NC(=O)CC(=O)NCNC. The third-order valence-corrected chi connectivity index (χ3v) is 4.67. The van der Waals surface area contributed by atoms with Gasteiger partial charge in [-0.25, -0.2) is 0 Å². The normalized spacial score (nSPS) is 9.96. The Hall–Kier alpha value is -4.48. The van der Waals surface area contributed by atoms with Gasteiger partial charge < -0.3 is 63.4 Å². The summed E-state index contributed by atoms with van der Waals surface area (Å²) < 4.78 is 0. The average Bonchev–Trinajstić information content (AvgIpc) is 2.91. The Morgan fingerprint density at radius 3 is 0.816 bits per heavy atom. The van der Waals surface area contributed by atoms with E-state index in [1.165, 1.54) is 0 Å². The first-order valence-electron chi connectivity index (χ1n) is 13.7. The number of nitrogens with one attached hydrogen (secondary N) is 12. The van der Waals surface area contributed by atoms with Crippen molar-refractivity contribution < 1.29 is 48.6 Å². The van der Waals surface area contributed by atoms with Gasteiger partial charge in [-0.2, -0.15) is 0 Å². The molecule has 288 valence electrons. The van der Waals surface area contributed by atoms with Crippen molar-refractivity contribution in [2.75, 3.05) is 54.9 Å². The minimum Gasteiger partial charge on any atom is -0.343 e. The predicted octanol–water partition coefficient (Wildman–Crippen LogP) is -5.59. The fourth-order valence-corrected chi connectivity index (χ4v) is 2.91. The Balaban J connectivity index is -0.000000248. The molecule has 8 amide bonds. The van der Waals surface area contributed by atoms with Crippen LogP contribution in [0.4, 0.5) is 0 Å². The third-order valence-electron chi connectivity index (χ3n) is 4.67. The lowest BCUT2D eigenvalue weighted by Crippen LogP contribution is -2.61. The van der Waals surface area contributed by atoms with E-state index in [0.29, 0.717) is 0 Å². The molecule has 0 heterocycles. The van der Waals surface area contributed by atoms with Gasteiger partial charge in [-0.1, -0.05) is 22.3 Å². The Kier molecular flexibility index (Phi) is 32.7. The van der Waals surface area contributed by atoms with Crippen molar-refractivity contribution in [1.82, 2.24) is 63.8 Å². The molecule has 0 saturated heterocycles. The van der Waals surface area contributed by atoms with Crippen LogP contribution in [0.2, 0.25) is 0 Å². The van der Waals surface area contributed by atoms with E-state index in [1.54, 1.807) is 52.7 Å². The summed E-state index contributed by atoms with van der Waals surface area (Å²) in [4.78, 5) is 91.7. The molecule has 0 aliphatic rings. The summed E-state index contributed by atoms with van der Waals surface area (Å²) in [6, 6.07) is -3.08. The third kappa shape index (κ3) is 33.2. The summed E-state index contributed by atoms with van der Waals surface area (Å²) in [5.74, 6) is -5.36. The van der Waals surface area contributed by atoms with Crippen LogP contribution in [0.1, 0.15) is 61.8 Å². The summed E-state index contributed by atoms with van der Waals surface area (Å²) in [6.07, 6.45) is -2.07. The number of aliphatic hydroxyl groups is 2. The van der Waals surface area contributed by atoms with Crippen molar-refractivity contribution in [2.45, 2.75) is 73.5 Å². The first-order valence-corrected chi connectivity index (χ1v) is 13.7. The van der Waals surface area contributed by atoms with E-state index in [0.717, 1.165) is 0 Å². The zero-order valence-electron chi connectivity index (χ0n) is 26.8. The molecule has 0 aromatic rings. The molecule has 0 saturated carbocycles. The molecule has 0 rings (SSSR count). The Bertz CT molecular complexity index is 886. The second kappa shape index (κ2) is 29.6. The number of hydrogen-bond donors (Lipinski definition) is 14. The molecular weight excluding hydrogens is 652 g/mol. The lowest BCUT2D eigenvalue weighted by Gasteiger charge is -2.27. The monoisotopic (exact) mass is 712 g/mol. The molecule has 14 N–H and O–H groups in total. The second-order valence-corrected chi connectivity index (χ2v) is 9.72. The van der Waals surface area contributed by atoms with E-state index in [2.05, 4.69) is 53.2 Å². The zero-order valence-corrected chi connectivity index (χ0v) is 26.8. The number of amides is 8. The summed E-state index contributed by atoms with van der Waals surface area (Å²) >= 11 is 0. The highest BCUT2D eigenvalue weighted by atomic mass is 16.6. The molecule has 0 radical (unpaired) electrons. The van der Waals surface area contributed by atoms with Crippen LogP contribution in [0.25, 0.3) is 0 Å². The minimum atomic E-state index is -3.08. The Morgan fingerprint density at radius 2 is 0.612 bits per heavy atom. The van der Waals surface area contributed by atoms with E-state index in [4.69, 9.17) is 0 Å². The van der Waals surface area contributed by atoms with Gasteiger partial charge in [0, 0.05) is 0 Å². The topological polar surface area (TPSA) is 321 Å². The van der Waals surface area contributed by atoms with Crippen molar-refractivity contribution in [3.05, 3.63) is 0 Å². The van der Waals surface area contributed by atoms with Crippen LogP contribution < -0.4 is 63.8 Å². The Labute approximate surface area is 288 Å². The number of hydrogen-bond acceptors (Lipinski definition) is 14. The Morgan fingerprint density at radius 1 is 0.408 bits per heavy atom. The van der Waals surface area contributed by atoms with Crippen molar-refractivity contribution >= 4 is 47.3 Å². The maximum atomic E-state index is 11.7. The van der Waals surface area contributed by atoms with Crippen molar-refractivity contribution in [1.29, 1.82) is 0 Å². The first kappa shape index (κ1) is 54.0. The maximum Gasteiger partial charge on any atom is 0.337 e. The fraction of sp³-hybridized carbons (Fsp3) is 0.704. The molecule has 0 spiro atoms. The molecule has 0 atom stereocenters. The molecular formula is C27H60N12O10. The minimum absolute atomic E-state index is 0. The first-order chi connectivity index (χ1) is 21.4. The van der Waals surface area contributed by atoms with Gasteiger partial charge in [0.15, 0.2) is 0 Å². The van der Waals surface area contributed by atoms with Crippen molar-refractivity contribution in [2.24, 2.45) is 0 Å². The van der Waals surface area contributed by atoms with Gasteiger partial charge in [0.1, 0.15) is 31.3 Å². The quantitative estimate of drug-likeness (QED) is 0.0414. The number of carbonyl (C=O) groups excluding carboxylic acids is 8. The molecule has 0 aliphatic carbocycles.